The summed E-state index contributed by atoms with van der Waals surface area (Å²) in [5, 5.41) is 2.61. The maximum absolute atomic E-state index is 14.1. The van der Waals surface area contributed by atoms with Crippen LogP contribution in [0.25, 0.3) is 0 Å². The van der Waals surface area contributed by atoms with Crippen LogP contribution in [0.1, 0.15) is 19.3 Å². The SMILES string of the molecule is O=C(CN1C[C@@H](C(=O)N2CCCCC2)Oc2ccccc21)Nc1ccc(Br)cc1F. The van der Waals surface area contributed by atoms with Crippen molar-refractivity contribution >= 4 is 39.1 Å². The van der Waals surface area contributed by atoms with Crippen molar-refractivity contribution in [1.29, 1.82) is 0 Å². The average Bonchev–Trinajstić information content (AvgIpc) is 2.75. The summed E-state index contributed by atoms with van der Waals surface area (Å²) in [6.45, 7) is 1.73. The topological polar surface area (TPSA) is 61.9 Å². The van der Waals surface area contributed by atoms with Gasteiger partial charge in [-0.2, -0.15) is 0 Å². The van der Waals surface area contributed by atoms with E-state index >= 15 is 0 Å². The fourth-order valence-electron chi connectivity index (χ4n) is 3.86. The van der Waals surface area contributed by atoms with Crippen LogP contribution in [0.3, 0.4) is 0 Å². The molecule has 0 bridgehead atoms. The van der Waals surface area contributed by atoms with Crippen LogP contribution in [-0.4, -0.2) is 49.0 Å². The van der Waals surface area contributed by atoms with E-state index in [1.807, 2.05) is 28.0 Å². The summed E-state index contributed by atoms with van der Waals surface area (Å²) in [5.41, 5.74) is 0.859. The molecule has 6 nitrogen and oxygen atoms in total. The lowest BCUT2D eigenvalue weighted by atomic mass is 10.1. The number of carbonyl (C=O) groups is 2. The van der Waals surface area contributed by atoms with E-state index in [9.17, 15) is 14.0 Å². The Kier molecular flexibility index (Phi) is 6.22. The number of carbonyl (C=O) groups excluding carboxylic acids is 2. The van der Waals surface area contributed by atoms with E-state index in [1.165, 1.54) is 12.1 Å². The van der Waals surface area contributed by atoms with Crippen LogP contribution < -0.4 is 15.0 Å². The number of rotatable bonds is 4. The molecule has 1 N–H and O–H groups in total. The molecule has 1 fully saturated rings. The van der Waals surface area contributed by atoms with E-state index in [1.54, 1.807) is 12.1 Å². The number of likely N-dealkylation sites (tertiary alicyclic amines) is 1. The predicted molar refractivity (Wildman–Crippen MR) is 116 cm³/mol. The molecule has 2 aliphatic rings. The van der Waals surface area contributed by atoms with Gasteiger partial charge in [-0.05, 0) is 49.6 Å². The number of hydrogen-bond acceptors (Lipinski definition) is 4. The van der Waals surface area contributed by atoms with E-state index < -0.39 is 11.9 Å². The largest absolute Gasteiger partial charge is 0.477 e. The first-order valence-corrected chi connectivity index (χ1v) is 10.8. The Morgan fingerprint density at radius 2 is 1.90 bits per heavy atom. The van der Waals surface area contributed by atoms with Crippen molar-refractivity contribution in [2.75, 3.05) is 36.4 Å². The van der Waals surface area contributed by atoms with Gasteiger partial charge in [0, 0.05) is 17.6 Å². The maximum atomic E-state index is 14.1. The number of para-hydroxylation sites is 2. The van der Waals surface area contributed by atoms with Gasteiger partial charge in [0.2, 0.25) is 5.91 Å². The van der Waals surface area contributed by atoms with Gasteiger partial charge in [-0.15, -0.1) is 0 Å². The molecule has 2 heterocycles. The molecule has 2 aromatic rings. The van der Waals surface area contributed by atoms with Crippen LogP contribution in [0.15, 0.2) is 46.9 Å². The van der Waals surface area contributed by atoms with Crippen LogP contribution in [0.5, 0.6) is 5.75 Å². The Morgan fingerprint density at radius 3 is 2.67 bits per heavy atom. The Labute approximate surface area is 183 Å². The Bertz CT molecular complexity index is 949. The zero-order chi connectivity index (χ0) is 21.1. The van der Waals surface area contributed by atoms with Gasteiger partial charge in [0.25, 0.3) is 5.91 Å². The zero-order valence-electron chi connectivity index (χ0n) is 16.4. The number of nitrogens with one attached hydrogen (secondary N) is 1. The van der Waals surface area contributed by atoms with Gasteiger partial charge in [0.05, 0.1) is 24.5 Å². The normalized spacial score (nSPS) is 18.4. The minimum absolute atomic E-state index is 0.0142. The number of ether oxygens (including phenoxy) is 1. The molecule has 2 aliphatic heterocycles. The third kappa shape index (κ3) is 4.59. The minimum Gasteiger partial charge on any atom is -0.477 e. The number of anilines is 2. The summed E-state index contributed by atoms with van der Waals surface area (Å²) in [7, 11) is 0. The molecule has 1 atom stereocenters. The highest BCUT2D eigenvalue weighted by molar-refractivity contribution is 9.10. The number of fused-ring (bicyclic) bond motifs is 1. The molecule has 2 amide bonds. The van der Waals surface area contributed by atoms with Crippen molar-refractivity contribution in [2.24, 2.45) is 0 Å². The van der Waals surface area contributed by atoms with Crippen molar-refractivity contribution in [3.8, 4) is 5.75 Å². The quantitative estimate of drug-likeness (QED) is 0.730. The molecule has 0 spiro atoms. The first-order valence-electron chi connectivity index (χ1n) is 10.1. The van der Waals surface area contributed by atoms with E-state index in [-0.39, 0.29) is 30.6 Å². The van der Waals surface area contributed by atoms with Crippen LogP contribution in [0, 0.1) is 5.82 Å². The second kappa shape index (κ2) is 9.04. The molecule has 4 rings (SSSR count). The van der Waals surface area contributed by atoms with E-state index in [0.717, 1.165) is 38.0 Å². The maximum Gasteiger partial charge on any atom is 0.265 e. The molecule has 0 saturated carbocycles. The van der Waals surface area contributed by atoms with Gasteiger partial charge in [0.1, 0.15) is 11.6 Å². The van der Waals surface area contributed by atoms with Gasteiger partial charge >= 0.3 is 0 Å². The third-order valence-electron chi connectivity index (χ3n) is 5.34. The average molecular weight is 476 g/mol. The van der Waals surface area contributed by atoms with Gasteiger partial charge in [0.15, 0.2) is 6.10 Å². The van der Waals surface area contributed by atoms with E-state index in [2.05, 4.69) is 21.2 Å². The summed E-state index contributed by atoms with van der Waals surface area (Å²) in [6, 6.07) is 11.8. The molecular formula is C22H23BrFN3O3. The van der Waals surface area contributed by atoms with Gasteiger partial charge < -0.3 is 19.9 Å². The first kappa shape index (κ1) is 20.7. The molecule has 0 unspecified atom stereocenters. The Hall–Kier alpha value is -2.61. The molecule has 30 heavy (non-hydrogen) atoms. The molecule has 1 saturated heterocycles. The lowest BCUT2D eigenvalue weighted by molar-refractivity contribution is -0.139. The van der Waals surface area contributed by atoms with Crippen molar-refractivity contribution < 1.29 is 18.7 Å². The highest BCUT2D eigenvalue weighted by atomic mass is 79.9. The number of piperidine rings is 1. The van der Waals surface area contributed by atoms with Crippen LogP contribution in [-0.2, 0) is 9.59 Å². The molecule has 2 aromatic carbocycles. The highest BCUT2D eigenvalue weighted by Crippen LogP contribution is 2.33. The number of halogens is 2. The van der Waals surface area contributed by atoms with Crippen molar-refractivity contribution in [2.45, 2.75) is 25.4 Å². The Morgan fingerprint density at radius 1 is 1.13 bits per heavy atom. The summed E-state index contributed by atoms with van der Waals surface area (Å²) >= 11 is 3.20. The molecular weight excluding hydrogens is 453 g/mol. The zero-order valence-corrected chi connectivity index (χ0v) is 18.0. The molecule has 0 aliphatic carbocycles. The van der Waals surface area contributed by atoms with Gasteiger partial charge in [-0.3, -0.25) is 9.59 Å². The number of benzene rings is 2. The van der Waals surface area contributed by atoms with Gasteiger partial charge in [-0.25, -0.2) is 4.39 Å². The first-order chi connectivity index (χ1) is 14.5. The van der Waals surface area contributed by atoms with Crippen LogP contribution in [0.2, 0.25) is 0 Å². The number of nitrogens with zero attached hydrogens (tertiary/aromatic N) is 2. The second-order valence-electron chi connectivity index (χ2n) is 7.51. The van der Waals surface area contributed by atoms with Crippen molar-refractivity contribution in [1.82, 2.24) is 4.90 Å². The molecule has 0 aromatic heterocycles. The molecule has 8 heteroatoms. The van der Waals surface area contributed by atoms with Crippen molar-refractivity contribution in [3.05, 3.63) is 52.8 Å². The summed E-state index contributed by atoms with van der Waals surface area (Å²) in [4.78, 5) is 29.3. The number of hydrogen-bond donors (Lipinski definition) is 1. The lowest BCUT2D eigenvalue weighted by Crippen LogP contribution is -2.52. The summed E-state index contributed by atoms with van der Waals surface area (Å²) < 4.78 is 20.6. The molecule has 158 valence electrons. The van der Waals surface area contributed by atoms with Crippen molar-refractivity contribution in [3.63, 3.8) is 0 Å². The minimum atomic E-state index is -0.671. The fourth-order valence-corrected chi connectivity index (χ4v) is 4.19. The van der Waals surface area contributed by atoms with Crippen LogP contribution >= 0.6 is 15.9 Å². The van der Waals surface area contributed by atoms with E-state index in [4.69, 9.17) is 4.74 Å². The monoisotopic (exact) mass is 475 g/mol. The van der Waals surface area contributed by atoms with E-state index in [0.29, 0.717) is 10.2 Å². The highest BCUT2D eigenvalue weighted by Gasteiger charge is 2.34. The standard InChI is InChI=1S/C22H23BrFN3O3/c23-15-8-9-17(16(24)12-15)25-21(28)14-27-13-20(22(29)26-10-4-1-5-11-26)30-19-7-3-2-6-18(19)27/h2-3,6-9,12,20H,1,4-5,10-11,13-14H2,(H,25,28)/t20-/m0/s1. The smallest absolute Gasteiger partial charge is 0.265 e. The van der Waals surface area contributed by atoms with Gasteiger partial charge in [-0.1, -0.05) is 28.1 Å². The fraction of sp³-hybridized carbons (Fsp3) is 0.364. The second-order valence-corrected chi connectivity index (χ2v) is 8.43. The number of amides is 2. The van der Waals surface area contributed by atoms with Crippen LogP contribution in [0.4, 0.5) is 15.8 Å². The third-order valence-corrected chi connectivity index (χ3v) is 5.84. The Balaban J connectivity index is 1.49. The lowest BCUT2D eigenvalue weighted by Gasteiger charge is -2.38. The predicted octanol–water partition coefficient (Wildman–Crippen LogP) is 3.81. The summed E-state index contributed by atoms with van der Waals surface area (Å²) in [5.74, 6) is -0.356. The molecule has 0 radical (unpaired) electrons. The summed E-state index contributed by atoms with van der Waals surface area (Å²) in [6.07, 6.45) is 2.46.